The van der Waals surface area contributed by atoms with Crippen LogP contribution in [0.15, 0.2) is 23.8 Å². The van der Waals surface area contributed by atoms with Gasteiger partial charge < -0.3 is 4.74 Å². The van der Waals surface area contributed by atoms with Gasteiger partial charge in [-0.25, -0.2) is 0 Å². The molecule has 0 aromatic carbocycles. The van der Waals surface area contributed by atoms with Gasteiger partial charge in [0, 0.05) is 18.8 Å². The lowest BCUT2D eigenvalue weighted by atomic mass is 9.44. The summed E-state index contributed by atoms with van der Waals surface area (Å²) in [6.45, 7) is 14.0. The summed E-state index contributed by atoms with van der Waals surface area (Å²) >= 11 is 0. The molecule has 4 aliphatic carbocycles. The molecule has 0 N–H and O–H groups in total. The van der Waals surface area contributed by atoms with Crippen LogP contribution in [0.3, 0.4) is 0 Å². The zero-order valence-electron chi connectivity index (χ0n) is 18.5. The number of fused-ring (bicyclic) bond motifs is 5. The van der Waals surface area contributed by atoms with Crippen molar-refractivity contribution in [1.29, 1.82) is 0 Å². The lowest BCUT2D eigenvalue weighted by Gasteiger charge is -2.60. The van der Waals surface area contributed by atoms with Crippen molar-refractivity contribution in [3.8, 4) is 0 Å². The second kappa shape index (κ2) is 6.39. The normalized spacial score (nSPS) is 46.3. The van der Waals surface area contributed by atoms with Gasteiger partial charge in [0.1, 0.15) is 0 Å². The van der Waals surface area contributed by atoms with Gasteiger partial charge in [0.15, 0.2) is 17.2 Å². The predicted molar refractivity (Wildman–Crippen MR) is 111 cm³/mol. The van der Waals surface area contributed by atoms with E-state index < -0.39 is 17.0 Å². The standard InChI is InChI=1S/C25H34O4/c1-14-11-19-20(23(5)9-7-18(28)13-21(14)23)8-10-24(6)22(19)12-15(2)25(24,16(3)26)29-17(4)27/h13-14,19-20,22H,2,7-12H2,1,3-6H3/t14-,19+,20-,22-,23+,24-,25+/m0/s1. The van der Waals surface area contributed by atoms with Crippen molar-refractivity contribution in [3.63, 3.8) is 0 Å². The van der Waals surface area contributed by atoms with Gasteiger partial charge in [0.25, 0.3) is 0 Å². The van der Waals surface area contributed by atoms with Gasteiger partial charge in [0.05, 0.1) is 0 Å². The summed E-state index contributed by atoms with van der Waals surface area (Å²) in [6, 6.07) is 0. The Balaban J connectivity index is 1.78. The molecule has 29 heavy (non-hydrogen) atoms. The number of carbonyl (C=O) groups excluding carboxylic acids is 3. The molecule has 0 saturated heterocycles. The fourth-order valence-corrected chi connectivity index (χ4v) is 8.06. The van der Waals surface area contributed by atoms with Crippen molar-refractivity contribution >= 4 is 17.5 Å². The molecule has 0 bridgehead atoms. The summed E-state index contributed by atoms with van der Waals surface area (Å²) < 4.78 is 5.85. The summed E-state index contributed by atoms with van der Waals surface area (Å²) in [5, 5.41) is 0. The molecule has 3 saturated carbocycles. The van der Waals surface area contributed by atoms with Gasteiger partial charge in [0.2, 0.25) is 0 Å². The first-order chi connectivity index (χ1) is 13.5. The lowest BCUT2D eigenvalue weighted by Crippen LogP contribution is -2.59. The SMILES string of the molecule is C=C1C[C@H]2[C@@H]3C[C@H](C)C4=CC(=O)CC[C@]4(C)[C@H]3CC[C@]2(C)[C@]1(OC(C)=O)C(C)=O. The molecule has 7 atom stereocenters. The first-order valence-electron chi connectivity index (χ1n) is 11.1. The third kappa shape index (κ3) is 2.53. The number of allylic oxidation sites excluding steroid dienone is 1. The Labute approximate surface area is 174 Å². The van der Waals surface area contributed by atoms with Gasteiger partial charge in [-0.2, -0.15) is 0 Å². The fourth-order valence-electron chi connectivity index (χ4n) is 8.06. The third-order valence-corrected chi connectivity index (χ3v) is 9.23. The van der Waals surface area contributed by atoms with Crippen LogP contribution in [-0.4, -0.2) is 23.1 Å². The Morgan fingerprint density at radius 1 is 1.17 bits per heavy atom. The summed E-state index contributed by atoms with van der Waals surface area (Å²) in [5.74, 6) is 1.35. The quantitative estimate of drug-likeness (QED) is 0.494. The van der Waals surface area contributed by atoms with Crippen LogP contribution in [0, 0.1) is 34.5 Å². The highest BCUT2D eigenvalue weighted by molar-refractivity contribution is 5.93. The highest BCUT2D eigenvalue weighted by Gasteiger charge is 2.69. The molecule has 3 fully saturated rings. The average Bonchev–Trinajstić information content (AvgIpc) is 2.85. The summed E-state index contributed by atoms with van der Waals surface area (Å²) in [7, 11) is 0. The maximum Gasteiger partial charge on any atom is 0.303 e. The Kier molecular flexibility index (Phi) is 4.53. The molecule has 0 amide bonds. The monoisotopic (exact) mass is 398 g/mol. The number of ether oxygens (including phenoxy) is 1. The van der Waals surface area contributed by atoms with Crippen LogP contribution in [0.25, 0.3) is 0 Å². The molecule has 0 heterocycles. The average molecular weight is 399 g/mol. The highest BCUT2D eigenvalue weighted by atomic mass is 16.6. The molecular formula is C25H34O4. The van der Waals surface area contributed by atoms with Gasteiger partial charge in [-0.1, -0.05) is 32.9 Å². The van der Waals surface area contributed by atoms with E-state index in [1.54, 1.807) is 6.92 Å². The van der Waals surface area contributed by atoms with Crippen molar-refractivity contribution in [1.82, 2.24) is 0 Å². The molecule has 0 spiro atoms. The summed E-state index contributed by atoms with van der Waals surface area (Å²) in [6.07, 6.45) is 7.10. The minimum absolute atomic E-state index is 0.0574. The molecule has 0 unspecified atom stereocenters. The molecule has 158 valence electrons. The molecule has 0 radical (unpaired) electrons. The highest BCUT2D eigenvalue weighted by Crippen LogP contribution is 2.70. The van der Waals surface area contributed by atoms with E-state index in [2.05, 4.69) is 27.4 Å². The lowest BCUT2D eigenvalue weighted by molar-refractivity contribution is -0.182. The molecule has 4 heteroatoms. The van der Waals surface area contributed by atoms with Crippen molar-refractivity contribution in [2.24, 2.45) is 34.5 Å². The van der Waals surface area contributed by atoms with Crippen molar-refractivity contribution in [2.45, 2.75) is 78.7 Å². The van der Waals surface area contributed by atoms with E-state index in [1.165, 1.54) is 12.5 Å². The number of hydrogen-bond acceptors (Lipinski definition) is 4. The van der Waals surface area contributed by atoms with Gasteiger partial charge in [-0.15, -0.1) is 0 Å². The first kappa shape index (κ1) is 20.6. The topological polar surface area (TPSA) is 60.4 Å². The van der Waals surface area contributed by atoms with E-state index in [9.17, 15) is 14.4 Å². The van der Waals surface area contributed by atoms with Crippen molar-refractivity contribution in [3.05, 3.63) is 23.8 Å². The number of rotatable bonds is 2. The minimum atomic E-state index is -1.20. The minimum Gasteiger partial charge on any atom is -0.446 e. The molecule has 4 rings (SSSR count). The molecule has 4 aliphatic rings. The second-order valence-corrected chi connectivity index (χ2v) is 10.6. The van der Waals surface area contributed by atoms with Gasteiger partial charge in [-0.3, -0.25) is 14.4 Å². The van der Waals surface area contributed by atoms with E-state index in [-0.39, 0.29) is 22.9 Å². The molecule has 0 aliphatic heterocycles. The van der Waals surface area contributed by atoms with E-state index >= 15 is 0 Å². The number of hydrogen-bond donors (Lipinski definition) is 0. The van der Waals surface area contributed by atoms with Gasteiger partial charge in [-0.05, 0) is 79.8 Å². The van der Waals surface area contributed by atoms with Crippen molar-refractivity contribution < 1.29 is 19.1 Å². The van der Waals surface area contributed by atoms with Crippen LogP contribution >= 0.6 is 0 Å². The van der Waals surface area contributed by atoms with Crippen LogP contribution in [0.4, 0.5) is 0 Å². The van der Waals surface area contributed by atoms with Crippen LogP contribution in [-0.2, 0) is 19.1 Å². The van der Waals surface area contributed by atoms with E-state index in [4.69, 9.17) is 4.74 Å². The maximum absolute atomic E-state index is 12.9. The van der Waals surface area contributed by atoms with E-state index in [1.807, 2.05) is 6.08 Å². The summed E-state index contributed by atoms with van der Waals surface area (Å²) in [4.78, 5) is 37.1. The Bertz CT molecular complexity index is 838. The maximum atomic E-state index is 12.9. The van der Waals surface area contributed by atoms with Gasteiger partial charge >= 0.3 is 5.97 Å². The molecule has 4 nitrogen and oxygen atoms in total. The predicted octanol–water partition coefficient (Wildman–Crippen LogP) is 4.82. The smallest absolute Gasteiger partial charge is 0.303 e. The second-order valence-electron chi connectivity index (χ2n) is 10.6. The Morgan fingerprint density at radius 3 is 2.48 bits per heavy atom. The Morgan fingerprint density at radius 2 is 1.86 bits per heavy atom. The zero-order chi connectivity index (χ0) is 21.4. The van der Waals surface area contributed by atoms with Crippen LogP contribution in [0.1, 0.15) is 73.1 Å². The number of ketones is 2. The molecule has 0 aromatic heterocycles. The van der Waals surface area contributed by atoms with Crippen LogP contribution < -0.4 is 0 Å². The fraction of sp³-hybridized carbons (Fsp3) is 0.720. The Hall–Kier alpha value is -1.71. The van der Waals surface area contributed by atoms with Crippen molar-refractivity contribution in [2.75, 3.05) is 0 Å². The number of Topliss-reactive ketones (excluding diaryl/α,β-unsaturated/α-hetero) is 1. The zero-order valence-corrected chi connectivity index (χ0v) is 18.5. The van der Waals surface area contributed by atoms with Crippen LogP contribution in [0.2, 0.25) is 0 Å². The molecular weight excluding hydrogens is 364 g/mol. The first-order valence-corrected chi connectivity index (χ1v) is 11.1. The number of esters is 1. The third-order valence-electron chi connectivity index (χ3n) is 9.23. The summed E-state index contributed by atoms with van der Waals surface area (Å²) in [5.41, 5.74) is 0.559. The van der Waals surface area contributed by atoms with E-state index in [0.717, 1.165) is 37.7 Å². The largest absolute Gasteiger partial charge is 0.446 e. The number of carbonyl (C=O) groups is 3. The molecule has 0 aromatic rings. The van der Waals surface area contributed by atoms with E-state index in [0.29, 0.717) is 24.2 Å². The van der Waals surface area contributed by atoms with Crippen LogP contribution in [0.5, 0.6) is 0 Å².